The zero-order valence-corrected chi connectivity index (χ0v) is 28.0. The van der Waals surface area contributed by atoms with Crippen molar-refractivity contribution in [2.75, 3.05) is 0 Å². The lowest BCUT2D eigenvalue weighted by Crippen LogP contribution is -2.65. The van der Waals surface area contributed by atoms with Gasteiger partial charge in [0.25, 0.3) is 0 Å². The summed E-state index contributed by atoms with van der Waals surface area (Å²) in [6.07, 6.45) is 2.56. The maximum absolute atomic E-state index is 2.59. The minimum atomic E-state index is 0.0924. The Kier molecular flexibility index (Phi) is 7.53. The summed E-state index contributed by atoms with van der Waals surface area (Å²) in [5.74, 6) is 0.653. The van der Waals surface area contributed by atoms with Crippen LogP contribution in [-0.4, -0.2) is 0 Å². The Morgan fingerprint density at radius 1 is 0.353 bits per heavy atom. The van der Waals surface area contributed by atoms with Crippen molar-refractivity contribution in [1.29, 1.82) is 0 Å². The molecule has 0 bridgehead atoms. The molecule has 0 nitrogen and oxygen atoms in total. The third kappa shape index (κ3) is 3.56. The third-order valence-electron chi connectivity index (χ3n) is 16.7. The van der Waals surface area contributed by atoms with Crippen LogP contribution in [0.3, 0.4) is 0 Å². The van der Waals surface area contributed by atoms with Crippen LogP contribution in [-0.2, 0) is 0 Å². The van der Waals surface area contributed by atoms with Crippen LogP contribution in [0.15, 0.2) is 0 Å². The van der Waals surface area contributed by atoms with Crippen molar-refractivity contribution < 1.29 is 0 Å². The van der Waals surface area contributed by atoms with E-state index in [1.54, 1.807) is 0 Å². The molecule has 0 aromatic carbocycles. The van der Waals surface area contributed by atoms with Gasteiger partial charge < -0.3 is 0 Å². The van der Waals surface area contributed by atoms with E-state index in [9.17, 15) is 0 Å². The van der Waals surface area contributed by atoms with E-state index >= 15 is 0 Å². The fraction of sp³-hybridized carbons (Fsp3) is 1.00. The van der Waals surface area contributed by atoms with Gasteiger partial charge in [-0.05, 0) is 72.9 Å². The highest BCUT2D eigenvalue weighted by Gasteiger charge is 2.68. The van der Waals surface area contributed by atoms with Gasteiger partial charge in [-0.1, -0.05) is 145 Å². The standard InChI is InChI=1S/C34H68/c1-24-22-23-25(2,3)27(6,7)29(10,11)31(14,15)33(18,19)34(20,21)32(16,17)30(12,13)28(8,9)26(24,4)5/h24H,22-23H2,1-21H3. The molecule has 0 heteroatoms. The van der Waals surface area contributed by atoms with E-state index < -0.39 is 0 Å². The third-order valence-corrected chi connectivity index (χ3v) is 16.7. The highest BCUT2D eigenvalue weighted by atomic mass is 14.7. The molecule has 1 aliphatic rings. The highest BCUT2D eigenvalue weighted by Crippen LogP contribution is 2.75. The molecular weight excluding hydrogens is 408 g/mol. The predicted molar refractivity (Wildman–Crippen MR) is 156 cm³/mol. The Bertz CT molecular complexity index is 743. The molecule has 204 valence electrons. The van der Waals surface area contributed by atoms with Crippen LogP contribution >= 0.6 is 0 Å². The number of rotatable bonds is 0. The topological polar surface area (TPSA) is 0 Å². The fourth-order valence-electron chi connectivity index (χ4n) is 8.21. The monoisotopic (exact) mass is 477 g/mol. The van der Waals surface area contributed by atoms with E-state index in [-0.39, 0.29) is 54.1 Å². The van der Waals surface area contributed by atoms with E-state index in [0.29, 0.717) is 5.92 Å². The SMILES string of the molecule is CC1CCC(C)(C)C(C)(C)C(C)(C)C(C)(C)C(C)(C)C(C)(C)C(C)(C)C(C)(C)C(C)(C)C1(C)C. The summed E-state index contributed by atoms with van der Waals surface area (Å²) < 4.78 is 0. The summed E-state index contributed by atoms with van der Waals surface area (Å²) in [5, 5.41) is 0. The molecule has 1 fully saturated rings. The lowest BCUT2D eigenvalue weighted by atomic mass is 9.33. The highest BCUT2D eigenvalue weighted by molar-refractivity contribution is 5.16. The molecule has 1 rings (SSSR count). The molecule has 0 saturated heterocycles. The van der Waals surface area contributed by atoms with Crippen molar-refractivity contribution in [2.45, 2.75) is 158 Å². The minimum absolute atomic E-state index is 0.0924. The lowest BCUT2D eigenvalue weighted by Gasteiger charge is -2.71. The van der Waals surface area contributed by atoms with E-state index in [0.717, 1.165) is 0 Å². The van der Waals surface area contributed by atoms with Gasteiger partial charge in [-0.25, -0.2) is 0 Å². The normalized spacial score (nSPS) is 34.7. The van der Waals surface area contributed by atoms with Crippen molar-refractivity contribution in [1.82, 2.24) is 0 Å². The summed E-state index contributed by atoms with van der Waals surface area (Å²) in [4.78, 5) is 0. The summed E-state index contributed by atoms with van der Waals surface area (Å²) >= 11 is 0. The van der Waals surface area contributed by atoms with Crippen molar-refractivity contribution in [3.63, 3.8) is 0 Å². The molecule has 0 aromatic rings. The molecule has 0 aromatic heterocycles. The fourth-order valence-corrected chi connectivity index (χ4v) is 8.21. The first kappa shape index (κ1) is 32.0. The summed E-state index contributed by atoms with van der Waals surface area (Å²) in [6, 6.07) is 0. The van der Waals surface area contributed by atoms with E-state index in [1.165, 1.54) is 12.8 Å². The van der Waals surface area contributed by atoms with Crippen LogP contribution in [0, 0.1) is 60.1 Å². The van der Waals surface area contributed by atoms with Crippen molar-refractivity contribution in [2.24, 2.45) is 60.1 Å². The first-order chi connectivity index (χ1) is 14.4. The maximum Gasteiger partial charge on any atom is -0.0241 e. The van der Waals surface area contributed by atoms with Gasteiger partial charge in [0.1, 0.15) is 0 Å². The minimum Gasteiger partial charge on any atom is -0.0620 e. The van der Waals surface area contributed by atoms with Crippen LogP contribution in [0.4, 0.5) is 0 Å². The van der Waals surface area contributed by atoms with Gasteiger partial charge in [0.05, 0.1) is 0 Å². The molecule has 1 aliphatic carbocycles. The molecule has 0 radical (unpaired) electrons. The van der Waals surface area contributed by atoms with Crippen LogP contribution in [0.25, 0.3) is 0 Å². The predicted octanol–water partition coefficient (Wildman–Crippen LogP) is 11.7. The largest absolute Gasteiger partial charge is 0.0620 e. The number of hydrogen-bond donors (Lipinski definition) is 0. The van der Waals surface area contributed by atoms with Crippen LogP contribution < -0.4 is 0 Å². The Labute approximate surface area is 218 Å². The quantitative estimate of drug-likeness (QED) is 0.326. The van der Waals surface area contributed by atoms with Gasteiger partial charge in [-0.2, -0.15) is 0 Å². The lowest BCUT2D eigenvalue weighted by molar-refractivity contribution is -0.231. The smallest absolute Gasteiger partial charge is 0.0241 e. The van der Waals surface area contributed by atoms with E-state index in [4.69, 9.17) is 0 Å². The number of hydrogen-bond acceptors (Lipinski definition) is 0. The second-order valence-electron chi connectivity index (χ2n) is 18.0. The molecule has 0 spiro atoms. The van der Waals surface area contributed by atoms with Gasteiger partial charge in [0.15, 0.2) is 0 Å². The van der Waals surface area contributed by atoms with Gasteiger partial charge in [-0.3, -0.25) is 0 Å². The van der Waals surface area contributed by atoms with Crippen LogP contribution in [0.2, 0.25) is 0 Å². The Morgan fingerprint density at radius 2 is 0.588 bits per heavy atom. The molecule has 0 heterocycles. The molecule has 0 amide bonds. The first-order valence-electron chi connectivity index (χ1n) is 14.4. The van der Waals surface area contributed by atoms with Crippen molar-refractivity contribution in [3.8, 4) is 0 Å². The average Bonchev–Trinajstić information content (AvgIpc) is 2.63. The van der Waals surface area contributed by atoms with Gasteiger partial charge >= 0.3 is 0 Å². The summed E-state index contributed by atoms with van der Waals surface area (Å²) in [7, 11) is 0. The Balaban J connectivity index is 4.20. The molecule has 1 unspecified atom stereocenters. The zero-order valence-electron chi connectivity index (χ0n) is 28.0. The molecule has 34 heavy (non-hydrogen) atoms. The summed E-state index contributed by atoms with van der Waals surface area (Å²) in [6.45, 7) is 54.2. The van der Waals surface area contributed by atoms with Crippen LogP contribution in [0.5, 0.6) is 0 Å². The van der Waals surface area contributed by atoms with Gasteiger partial charge in [-0.15, -0.1) is 0 Å². The molecular formula is C34H68. The van der Waals surface area contributed by atoms with E-state index in [1.807, 2.05) is 0 Å². The van der Waals surface area contributed by atoms with Gasteiger partial charge in [0, 0.05) is 0 Å². The van der Waals surface area contributed by atoms with E-state index in [2.05, 4.69) is 145 Å². The Morgan fingerprint density at radius 3 is 0.882 bits per heavy atom. The second kappa shape index (κ2) is 8.00. The van der Waals surface area contributed by atoms with Gasteiger partial charge in [0.2, 0.25) is 0 Å². The first-order valence-corrected chi connectivity index (χ1v) is 14.4. The van der Waals surface area contributed by atoms with Crippen molar-refractivity contribution in [3.05, 3.63) is 0 Å². The average molecular weight is 477 g/mol. The van der Waals surface area contributed by atoms with Crippen LogP contribution in [0.1, 0.15) is 158 Å². The summed E-state index contributed by atoms with van der Waals surface area (Å²) in [5.41, 5.74) is 1.43. The molecule has 1 atom stereocenters. The molecule has 1 saturated carbocycles. The van der Waals surface area contributed by atoms with Crippen molar-refractivity contribution >= 4 is 0 Å². The zero-order chi connectivity index (χ0) is 28.0. The second-order valence-corrected chi connectivity index (χ2v) is 18.0. The maximum atomic E-state index is 2.59. The molecule has 0 N–H and O–H groups in total. The molecule has 0 aliphatic heterocycles. The Hall–Kier alpha value is 0.